The average Bonchev–Trinajstić information content (AvgIpc) is 2.96. The number of likely N-dealkylation sites (N-methyl/N-ethyl adjacent to an activating group) is 1. The van der Waals surface area contributed by atoms with Crippen LogP contribution in [0.3, 0.4) is 0 Å². The van der Waals surface area contributed by atoms with Crippen LogP contribution in [0, 0.1) is 0 Å². The molecule has 7 heteroatoms. The number of carbonyl (C=O) groups is 3. The molecule has 0 unspecified atom stereocenters. The number of anilines is 1. The van der Waals surface area contributed by atoms with Gasteiger partial charge in [-0.25, -0.2) is 0 Å². The number of ketones is 1. The van der Waals surface area contributed by atoms with Gasteiger partial charge in [-0.3, -0.25) is 14.4 Å². The number of esters is 1. The Bertz CT molecular complexity index is 1040. The number of benzene rings is 2. The standard InChI is InChI=1S/C24H26N2O5/c1-24(2)18-10-6-7-11-19(18)26(3)21(24)13-16(27)15-31-22(28)14-25-23(29)17-9-5-8-12-20(17)30-4/h5-13H,14-15H2,1-4H3,(H,25,29)/b21-13+. The second kappa shape index (κ2) is 9.04. The molecule has 1 amide bonds. The molecule has 0 atom stereocenters. The summed E-state index contributed by atoms with van der Waals surface area (Å²) < 4.78 is 10.2. The van der Waals surface area contributed by atoms with Crippen molar-refractivity contribution in [1.82, 2.24) is 5.32 Å². The summed E-state index contributed by atoms with van der Waals surface area (Å²) in [5.74, 6) is -1.08. The lowest BCUT2D eigenvalue weighted by Crippen LogP contribution is -2.31. The van der Waals surface area contributed by atoms with E-state index in [1.165, 1.54) is 13.2 Å². The molecule has 1 N–H and O–H groups in total. The van der Waals surface area contributed by atoms with Crippen LogP contribution in [-0.4, -0.2) is 45.0 Å². The minimum absolute atomic E-state index is 0.310. The number of carbonyl (C=O) groups excluding carboxylic acids is 3. The topological polar surface area (TPSA) is 84.9 Å². The first-order valence-corrected chi connectivity index (χ1v) is 9.90. The molecule has 0 spiro atoms. The van der Waals surface area contributed by atoms with E-state index < -0.39 is 18.5 Å². The molecule has 2 aromatic rings. The number of nitrogens with zero attached hydrogens (tertiary/aromatic N) is 1. The van der Waals surface area contributed by atoms with Gasteiger partial charge in [0.25, 0.3) is 5.91 Å². The Morgan fingerprint density at radius 3 is 2.45 bits per heavy atom. The van der Waals surface area contributed by atoms with Gasteiger partial charge < -0.3 is 19.7 Å². The maximum atomic E-state index is 12.4. The Morgan fingerprint density at radius 1 is 1.06 bits per heavy atom. The number of hydrogen-bond donors (Lipinski definition) is 1. The van der Waals surface area contributed by atoms with Crippen molar-refractivity contribution >= 4 is 23.3 Å². The van der Waals surface area contributed by atoms with Crippen LogP contribution in [0.15, 0.2) is 60.3 Å². The van der Waals surface area contributed by atoms with Crippen molar-refractivity contribution < 1.29 is 23.9 Å². The number of para-hydroxylation sites is 2. The van der Waals surface area contributed by atoms with Gasteiger partial charge in [0, 0.05) is 29.9 Å². The second-order valence-electron chi connectivity index (χ2n) is 7.74. The Balaban J connectivity index is 1.55. The molecule has 162 valence electrons. The van der Waals surface area contributed by atoms with Crippen LogP contribution in [0.25, 0.3) is 0 Å². The summed E-state index contributed by atoms with van der Waals surface area (Å²) in [7, 11) is 3.37. The lowest BCUT2D eigenvalue weighted by molar-refractivity contribution is -0.145. The van der Waals surface area contributed by atoms with Crippen molar-refractivity contribution in [3.63, 3.8) is 0 Å². The molecule has 3 rings (SSSR count). The largest absolute Gasteiger partial charge is 0.496 e. The van der Waals surface area contributed by atoms with Gasteiger partial charge >= 0.3 is 5.97 Å². The first-order valence-electron chi connectivity index (χ1n) is 9.90. The predicted octanol–water partition coefficient (Wildman–Crippen LogP) is 2.85. The molecule has 0 saturated carbocycles. The Kier molecular flexibility index (Phi) is 6.44. The van der Waals surface area contributed by atoms with E-state index in [2.05, 4.69) is 5.32 Å². The molecule has 0 saturated heterocycles. The van der Waals surface area contributed by atoms with Gasteiger partial charge in [0.05, 0.1) is 12.7 Å². The van der Waals surface area contributed by atoms with Crippen molar-refractivity contribution in [2.45, 2.75) is 19.3 Å². The third-order valence-corrected chi connectivity index (χ3v) is 5.36. The van der Waals surface area contributed by atoms with Crippen LogP contribution in [-0.2, 0) is 19.7 Å². The molecule has 0 fully saturated rings. The quantitative estimate of drug-likeness (QED) is 0.546. The number of fused-ring (bicyclic) bond motifs is 1. The maximum absolute atomic E-state index is 12.4. The zero-order valence-electron chi connectivity index (χ0n) is 18.1. The molecule has 0 aliphatic carbocycles. The molecular formula is C24H26N2O5. The number of amides is 1. The summed E-state index contributed by atoms with van der Waals surface area (Å²) in [6.07, 6.45) is 1.51. The third kappa shape index (κ3) is 4.60. The summed E-state index contributed by atoms with van der Waals surface area (Å²) in [5, 5.41) is 2.47. The summed E-state index contributed by atoms with van der Waals surface area (Å²) in [4.78, 5) is 38.6. The van der Waals surface area contributed by atoms with Gasteiger partial charge in [0.15, 0.2) is 12.4 Å². The lowest BCUT2D eigenvalue weighted by atomic mass is 9.83. The van der Waals surface area contributed by atoms with E-state index in [-0.39, 0.29) is 17.7 Å². The summed E-state index contributed by atoms with van der Waals surface area (Å²) in [5.41, 5.74) is 2.98. The molecule has 1 aliphatic heterocycles. The number of rotatable bonds is 7. The first-order chi connectivity index (χ1) is 14.8. The molecule has 31 heavy (non-hydrogen) atoms. The maximum Gasteiger partial charge on any atom is 0.325 e. The Morgan fingerprint density at radius 2 is 1.74 bits per heavy atom. The molecule has 0 aromatic heterocycles. The van der Waals surface area contributed by atoms with Crippen LogP contribution >= 0.6 is 0 Å². The fourth-order valence-electron chi connectivity index (χ4n) is 3.74. The van der Waals surface area contributed by atoms with Crippen molar-refractivity contribution in [3.05, 3.63) is 71.4 Å². The van der Waals surface area contributed by atoms with E-state index in [1.807, 2.05) is 50.1 Å². The smallest absolute Gasteiger partial charge is 0.325 e. The molecular weight excluding hydrogens is 396 g/mol. The van der Waals surface area contributed by atoms with Gasteiger partial charge in [-0.05, 0) is 23.8 Å². The van der Waals surface area contributed by atoms with Gasteiger partial charge in [-0.2, -0.15) is 0 Å². The molecule has 0 bridgehead atoms. The van der Waals surface area contributed by atoms with Crippen LogP contribution in [0.2, 0.25) is 0 Å². The van der Waals surface area contributed by atoms with Gasteiger partial charge in [-0.1, -0.05) is 44.2 Å². The lowest BCUT2D eigenvalue weighted by Gasteiger charge is -2.23. The summed E-state index contributed by atoms with van der Waals surface area (Å²) in [6.45, 7) is 3.35. The highest BCUT2D eigenvalue weighted by atomic mass is 16.5. The highest BCUT2D eigenvalue weighted by molar-refractivity contribution is 5.99. The fraction of sp³-hybridized carbons (Fsp3) is 0.292. The van der Waals surface area contributed by atoms with E-state index in [0.29, 0.717) is 11.3 Å². The number of ether oxygens (including phenoxy) is 2. The second-order valence-corrected chi connectivity index (χ2v) is 7.74. The zero-order chi connectivity index (χ0) is 22.6. The van der Waals surface area contributed by atoms with Crippen LogP contribution in [0.4, 0.5) is 5.69 Å². The SMILES string of the molecule is COc1ccccc1C(=O)NCC(=O)OCC(=O)/C=C1/N(C)c2ccccc2C1(C)C. The molecule has 7 nitrogen and oxygen atoms in total. The fourth-order valence-corrected chi connectivity index (χ4v) is 3.74. The van der Waals surface area contributed by atoms with E-state index >= 15 is 0 Å². The zero-order valence-corrected chi connectivity index (χ0v) is 18.1. The minimum atomic E-state index is -0.697. The summed E-state index contributed by atoms with van der Waals surface area (Å²) in [6, 6.07) is 14.7. The highest BCUT2D eigenvalue weighted by Crippen LogP contribution is 2.46. The highest BCUT2D eigenvalue weighted by Gasteiger charge is 2.38. The molecule has 2 aromatic carbocycles. The number of methoxy groups -OCH3 is 1. The third-order valence-electron chi connectivity index (χ3n) is 5.36. The molecule has 1 heterocycles. The van der Waals surface area contributed by atoms with Crippen LogP contribution in [0.1, 0.15) is 29.8 Å². The summed E-state index contributed by atoms with van der Waals surface area (Å²) >= 11 is 0. The first kappa shape index (κ1) is 22.1. The van der Waals surface area contributed by atoms with E-state index in [4.69, 9.17) is 9.47 Å². The van der Waals surface area contributed by atoms with Crippen molar-refractivity contribution in [2.75, 3.05) is 32.2 Å². The van der Waals surface area contributed by atoms with E-state index in [0.717, 1.165) is 16.9 Å². The predicted molar refractivity (Wildman–Crippen MR) is 117 cm³/mol. The number of nitrogens with one attached hydrogen (secondary N) is 1. The van der Waals surface area contributed by atoms with Crippen molar-refractivity contribution in [2.24, 2.45) is 0 Å². The van der Waals surface area contributed by atoms with Crippen molar-refractivity contribution in [1.29, 1.82) is 0 Å². The molecule has 0 radical (unpaired) electrons. The number of hydrogen-bond acceptors (Lipinski definition) is 6. The Labute approximate surface area is 181 Å². The average molecular weight is 422 g/mol. The van der Waals surface area contributed by atoms with E-state index in [9.17, 15) is 14.4 Å². The normalized spacial score (nSPS) is 15.4. The van der Waals surface area contributed by atoms with Gasteiger partial charge in [0.1, 0.15) is 12.3 Å². The Hall–Kier alpha value is -3.61. The number of allylic oxidation sites excluding steroid dienone is 1. The monoisotopic (exact) mass is 422 g/mol. The minimum Gasteiger partial charge on any atom is -0.496 e. The van der Waals surface area contributed by atoms with E-state index in [1.54, 1.807) is 24.3 Å². The van der Waals surface area contributed by atoms with Gasteiger partial charge in [-0.15, -0.1) is 0 Å². The van der Waals surface area contributed by atoms with Crippen LogP contribution in [0.5, 0.6) is 5.75 Å². The van der Waals surface area contributed by atoms with Gasteiger partial charge in [0.2, 0.25) is 0 Å². The van der Waals surface area contributed by atoms with Crippen LogP contribution < -0.4 is 15.0 Å². The van der Waals surface area contributed by atoms with Crippen molar-refractivity contribution in [3.8, 4) is 5.75 Å². The molecule has 1 aliphatic rings.